The van der Waals surface area contributed by atoms with Crippen LogP contribution in [0.15, 0.2) is 24.3 Å². The molecular weight excluding hydrogens is 238 g/mol. The number of amides is 1. The second-order valence-corrected chi connectivity index (χ2v) is 4.76. The van der Waals surface area contributed by atoms with E-state index in [2.05, 4.69) is 10.4 Å². The first kappa shape index (κ1) is 13.3. The first-order valence-electron chi connectivity index (χ1n) is 6.44. The third kappa shape index (κ3) is 2.84. The minimum Gasteiger partial charge on any atom is -0.320 e. The zero-order chi connectivity index (χ0) is 14.0. The highest BCUT2D eigenvalue weighted by Gasteiger charge is 2.14. The summed E-state index contributed by atoms with van der Waals surface area (Å²) < 4.78 is 1.72. The molecule has 0 fully saturated rings. The van der Waals surface area contributed by atoms with E-state index in [0.717, 1.165) is 22.5 Å². The smallest absolute Gasteiger partial charge is 0.273 e. The van der Waals surface area contributed by atoms with Crippen molar-refractivity contribution in [2.24, 2.45) is 0 Å². The van der Waals surface area contributed by atoms with Gasteiger partial charge in [-0.05, 0) is 51.0 Å². The molecule has 0 aliphatic heterocycles. The number of carbonyl (C=O) groups excluding carboxylic acids is 1. The van der Waals surface area contributed by atoms with Crippen molar-refractivity contribution >= 4 is 11.6 Å². The minimum atomic E-state index is -0.115. The van der Waals surface area contributed by atoms with Gasteiger partial charge in [0.1, 0.15) is 5.69 Å². The van der Waals surface area contributed by atoms with Crippen LogP contribution < -0.4 is 5.32 Å². The van der Waals surface area contributed by atoms with Gasteiger partial charge in [-0.15, -0.1) is 0 Å². The first-order chi connectivity index (χ1) is 9.01. The summed E-state index contributed by atoms with van der Waals surface area (Å²) in [6.07, 6.45) is 0. The Morgan fingerprint density at radius 2 is 2.00 bits per heavy atom. The summed E-state index contributed by atoms with van der Waals surface area (Å²) in [4.78, 5) is 12.3. The van der Waals surface area contributed by atoms with Crippen LogP contribution in [0, 0.1) is 20.8 Å². The number of anilines is 1. The van der Waals surface area contributed by atoms with Crippen LogP contribution in [0.5, 0.6) is 0 Å². The van der Waals surface area contributed by atoms with E-state index in [1.54, 1.807) is 4.68 Å². The standard InChI is InChI=1S/C15H19N3O/c1-5-18-14(9-12(4)17-18)15(19)16-13-8-10(2)6-7-11(13)3/h6-9H,5H2,1-4H3,(H,16,19). The number of hydrogen-bond acceptors (Lipinski definition) is 2. The summed E-state index contributed by atoms with van der Waals surface area (Å²) in [5.74, 6) is -0.115. The van der Waals surface area contributed by atoms with Crippen molar-refractivity contribution in [3.8, 4) is 0 Å². The van der Waals surface area contributed by atoms with Crippen molar-refractivity contribution in [3.05, 3.63) is 46.8 Å². The van der Waals surface area contributed by atoms with Gasteiger partial charge < -0.3 is 5.32 Å². The number of hydrogen-bond donors (Lipinski definition) is 1. The summed E-state index contributed by atoms with van der Waals surface area (Å²) in [6.45, 7) is 8.54. The predicted octanol–water partition coefficient (Wildman–Crippen LogP) is 3.08. The van der Waals surface area contributed by atoms with Crippen LogP contribution >= 0.6 is 0 Å². The summed E-state index contributed by atoms with van der Waals surface area (Å²) in [5, 5.41) is 7.24. The van der Waals surface area contributed by atoms with Gasteiger partial charge in [0.15, 0.2) is 0 Å². The molecule has 1 amide bonds. The Kier molecular flexibility index (Phi) is 3.69. The van der Waals surface area contributed by atoms with Gasteiger partial charge in [-0.1, -0.05) is 12.1 Å². The highest BCUT2D eigenvalue weighted by Crippen LogP contribution is 2.17. The Morgan fingerprint density at radius 1 is 1.26 bits per heavy atom. The Balaban J connectivity index is 2.27. The molecule has 100 valence electrons. The molecule has 0 bridgehead atoms. The molecule has 2 aromatic rings. The Bertz CT molecular complexity index is 614. The van der Waals surface area contributed by atoms with Gasteiger partial charge in [0.05, 0.1) is 5.69 Å². The molecule has 1 heterocycles. The average Bonchev–Trinajstić information content (AvgIpc) is 2.75. The molecule has 0 spiro atoms. The molecule has 4 heteroatoms. The molecule has 1 aromatic carbocycles. The molecule has 19 heavy (non-hydrogen) atoms. The topological polar surface area (TPSA) is 46.9 Å². The molecule has 1 aromatic heterocycles. The normalized spacial score (nSPS) is 10.5. The van der Waals surface area contributed by atoms with Gasteiger partial charge in [0.2, 0.25) is 0 Å². The lowest BCUT2D eigenvalue weighted by Crippen LogP contribution is -2.17. The number of nitrogens with zero attached hydrogens (tertiary/aromatic N) is 2. The lowest BCUT2D eigenvalue weighted by atomic mass is 10.1. The molecule has 0 atom stereocenters. The maximum atomic E-state index is 12.3. The van der Waals surface area contributed by atoms with E-state index in [9.17, 15) is 4.79 Å². The van der Waals surface area contributed by atoms with E-state index >= 15 is 0 Å². The van der Waals surface area contributed by atoms with Crippen molar-refractivity contribution in [1.29, 1.82) is 0 Å². The number of nitrogens with one attached hydrogen (secondary N) is 1. The van der Waals surface area contributed by atoms with Gasteiger partial charge in [-0.25, -0.2) is 0 Å². The first-order valence-corrected chi connectivity index (χ1v) is 6.44. The molecule has 0 radical (unpaired) electrons. The largest absolute Gasteiger partial charge is 0.320 e. The van der Waals surface area contributed by atoms with E-state index in [-0.39, 0.29) is 5.91 Å². The van der Waals surface area contributed by atoms with Crippen LogP contribution in [0.25, 0.3) is 0 Å². The fraction of sp³-hybridized carbons (Fsp3) is 0.333. The van der Waals surface area contributed by atoms with Gasteiger partial charge in [-0.3, -0.25) is 9.48 Å². The van der Waals surface area contributed by atoms with Crippen LogP contribution in [0.1, 0.15) is 34.2 Å². The van der Waals surface area contributed by atoms with Crippen molar-refractivity contribution in [2.75, 3.05) is 5.32 Å². The van der Waals surface area contributed by atoms with E-state index in [1.165, 1.54) is 0 Å². The second kappa shape index (κ2) is 5.26. The maximum absolute atomic E-state index is 12.3. The quantitative estimate of drug-likeness (QED) is 0.918. The number of aryl methyl sites for hydroxylation is 4. The third-order valence-corrected chi connectivity index (χ3v) is 3.08. The second-order valence-electron chi connectivity index (χ2n) is 4.76. The molecule has 4 nitrogen and oxygen atoms in total. The highest BCUT2D eigenvalue weighted by atomic mass is 16.2. The van der Waals surface area contributed by atoms with Crippen molar-refractivity contribution < 1.29 is 4.79 Å². The van der Waals surface area contributed by atoms with Crippen LogP contribution in [0.2, 0.25) is 0 Å². The molecule has 0 saturated heterocycles. The zero-order valence-electron chi connectivity index (χ0n) is 11.8. The number of aromatic nitrogens is 2. The molecular formula is C15H19N3O. The van der Waals surface area contributed by atoms with E-state index < -0.39 is 0 Å². The molecule has 2 rings (SSSR count). The van der Waals surface area contributed by atoms with Gasteiger partial charge in [0, 0.05) is 12.2 Å². The zero-order valence-corrected chi connectivity index (χ0v) is 11.8. The van der Waals surface area contributed by atoms with Crippen molar-refractivity contribution in [3.63, 3.8) is 0 Å². The third-order valence-electron chi connectivity index (χ3n) is 3.08. The average molecular weight is 257 g/mol. The van der Waals surface area contributed by atoms with Crippen molar-refractivity contribution in [2.45, 2.75) is 34.2 Å². The minimum absolute atomic E-state index is 0.115. The number of rotatable bonds is 3. The molecule has 0 aliphatic rings. The van der Waals surface area contributed by atoms with E-state index in [1.807, 2.05) is 52.0 Å². The predicted molar refractivity (Wildman–Crippen MR) is 76.5 cm³/mol. The van der Waals surface area contributed by atoms with E-state index in [0.29, 0.717) is 12.2 Å². The van der Waals surface area contributed by atoms with Gasteiger partial charge in [0.25, 0.3) is 5.91 Å². The lowest BCUT2D eigenvalue weighted by Gasteiger charge is -2.10. The maximum Gasteiger partial charge on any atom is 0.273 e. The fourth-order valence-corrected chi connectivity index (χ4v) is 2.03. The molecule has 0 aliphatic carbocycles. The molecule has 0 unspecified atom stereocenters. The highest BCUT2D eigenvalue weighted by molar-refractivity contribution is 6.03. The summed E-state index contributed by atoms with van der Waals surface area (Å²) in [6, 6.07) is 7.83. The molecule has 0 saturated carbocycles. The summed E-state index contributed by atoms with van der Waals surface area (Å²) in [7, 11) is 0. The fourth-order valence-electron chi connectivity index (χ4n) is 2.03. The monoisotopic (exact) mass is 257 g/mol. The van der Waals surface area contributed by atoms with Crippen LogP contribution in [-0.4, -0.2) is 15.7 Å². The van der Waals surface area contributed by atoms with Crippen molar-refractivity contribution in [1.82, 2.24) is 9.78 Å². The van der Waals surface area contributed by atoms with E-state index in [4.69, 9.17) is 0 Å². The van der Waals surface area contributed by atoms with Gasteiger partial charge >= 0.3 is 0 Å². The van der Waals surface area contributed by atoms with Crippen LogP contribution in [-0.2, 0) is 6.54 Å². The lowest BCUT2D eigenvalue weighted by molar-refractivity contribution is 0.101. The van der Waals surface area contributed by atoms with Crippen LogP contribution in [0.3, 0.4) is 0 Å². The SMILES string of the molecule is CCn1nc(C)cc1C(=O)Nc1cc(C)ccc1C. The number of carbonyl (C=O) groups is 1. The summed E-state index contributed by atoms with van der Waals surface area (Å²) >= 11 is 0. The summed E-state index contributed by atoms with van der Waals surface area (Å²) in [5.41, 5.74) is 4.49. The Labute approximate surface area is 113 Å². The molecule has 1 N–H and O–H groups in total. The Morgan fingerprint density at radius 3 is 2.68 bits per heavy atom. The number of benzene rings is 1. The van der Waals surface area contributed by atoms with Crippen LogP contribution in [0.4, 0.5) is 5.69 Å². The van der Waals surface area contributed by atoms with Gasteiger partial charge in [-0.2, -0.15) is 5.10 Å². The Hall–Kier alpha value is -2.10.